The molecule has 22 heavy (non-hydrogen) atoms. The first-order valence-corrected chi connectivity index (χ1v) is 7.13. The van der Waals surface area contributed by atoms with Crippen LogP contribution in [0.25, 0.3) is 0 Å². The van der Waals surface area contributed by atoms with Gasteiger partial charge in [-0.1, -0.05) is 12.1 Å². The lowest BCUT2D eigenvalue weighted by atomic mass is 10.1. The predicted octanol–water partition coefficient (Wildman–Crippen LogP) is 2.32. The number of rotatable bonds is 5. The molecule has 6 heteroatoms. The van der Waals surface area contributed by atoms with Crippen LogP contribution in [0.1, 0.15) is 40.6 Å². The van der Waals surface area contributed by atoms with Gasteiger partial charge in [0.25, 0.3) is 5.91 Å². The van der Waals surface area contributed by atoms with E-state index in [4.69, 9.17) is 0 Å². The van der Waals surface area contributed by atoms with Crippen LogP contribution >= 0.6 is 0 Å². The molecule has 1 amide bonds. The number of carbonyl (C=O) groups is 2. The minimum Gasteiger partial charge on any atom is -0.348 e. The van der Waals surface area contributed by atoms with Gasteiger partial charge in [-0.25, -0.2) is 9.97 Å². The van der Waals surface area contributed by atoms with E-state index in [0.717, 1.165) is 18.5 Å². The Bertz CT molecular complexity index is 708. The highest BCUT2D eigenvalue weighted by molar-refractivity contribution is 5.95. The van der Waals surface area contributed by atoms with Gasteiger partial charge < -0.3 is 10.6 Å². The second-order valence-electron chi connectivity index (χ2n) is 5.30. The first-order chi connectivity index (χ1) is 10.6. The van der Waals surface area contributed by atoms with E-state index < -0.39 is 0 Å². The molecule has 6 nitrogen and oxygen atoms in total. The maximum atomic E-state index is 11.8. The number of ketones is 1. The summed E-state index contributed by atoms with van der Waals surface area (Å²) in [6.45, 7) is 1.52. The number of aromatic nitrogens is 2. The Morgan fingerprint density at radius 3 is 2.64 bits per heavy atom. The Labute approximate surface area is 128 Å². The molecule has 1 aliphatic rings. The number of nitrogens with one attached hydrogen (secondary N) is 2. The van der Waals surface area contributed by atoms with Crippen LogP contribution in [0.4, 0.5) is 11.5 Å². The molecule has 1 fully saturated rings. The largest absolute Gasteiger partial charge is 0.348 e. The molecule has 1 aromatic heterocycles. The molecule has 0 saturated heterocycles. The summed E-state index contributed by atoms with van der Waals surface area (Å²) in [6.07, 6.45) is 5.01. The van der Waals surface area contributed by atoms with Crippen LogP contribution in [0.5, 0.6) is 0 Å². The van der Waals surface area contributed by atoms with E-state index in [1.54, 1.807) is 18.2 Å². The van der Waals surface area contributed by atoms with Gasteiger partial charge in [0.1, 0.15) is 11.5 Å². The van der Waals surface area contributed by atoms with Crippen LogP contribution in [0.3, 0.4) is 0 Å². The molecule has 0 spiro atoms. The highest BCUT2D eigenvalue weighted by Gasteiger charge is 2.24. The summed E-state index contributed by atoms with van der Waals surface area (Å²) in [7, 11) is 0. The van der Waals surface area contributed by atoms with Crippen molar-refractivity contribution >= 4 is 23.2 Å². The Balaban J connectivity index is 1.69. The number of anilines is 2. The third-order valence-electron chi connectivity index (χ3n) is 3.34. The zero-order valence-electron chi connectivity index (χ0n) is 12.2. The Kier molecular flexibility index (Phi) is 3.82. The summed E-state index contributed by atoms with van der Waals surface area (Å²) >= 11 is 0. The Morgan fingerprint density at radius 2 is 2.00 bits per heavy atom. The number of amides is 1. The maximum Gasteiger partial charge on any atom is 0.271 e. The smallest absolute Gasteiger partial charge is 0.271 e. The quantitative estimate of drug-likeness (QED) is 0.827. The standard InChI is InChI=1S/C16H16N4O2/c1-10(21)11-3-2-4-13(7-11)19-15-9-17-14(8-18-15)16(22)20-12-5-6-12/h2-4,7-9,12H,5-6H2,1H3,(H,18,19)(H,20,22). The highest BCUT2D eigenvalue weighted by atomic mass is 16.2. The van der Waals surface area contributed by atoms with Crippen LogP contribution in [-0.2, 0) is 0 Å². The van der Waals surface area contributed by atoms with Crippen molar-refractivity contribution in [2.45, 2.75) is 25.8 Å². The number of benzene rings is 1. The van der Waals surface area contributed by atoms with Crippen LogP contribution in [-0.4, -0.2) is 27.7 Å². The molecular weight excluding hydrogens is 280 g/mol. The number of hydrogen-bond donors (Lipinski definition) is 2. The molecule has 0 radical (unpaired) electrons. The SMILES string of the molecule is CC(=O)c1cccc(Nc2cnc(C(=O)NC3CC3)cn2)c1. The van der Waals surface area contributed by atoms with Crippen molar-refractivity contribution in [3.05, 3.63) is 47.9 Å². The second-order valence-corrected chi connectivity index (χ2v) is 5.30. The zero-order valence-corrected chi connectivity index (χ0v) is 12.2. The van der Waals surface area contributed by atoms with E-state index in [1.165, 1.54) is 19.3 Å². The molecule has 0 bridgehead atoms. The molecule has 2 aromatic rings. The summed E-state index contributed by atoms with van der Waals surface area (Å²) < 4.78 is 0. The van der Waals surface area contributed by atoms with Gasteiger partial charge in [0, 0.05) is 17.3 Å². The van der Waals surface area contributed by atoms with E-state index in [2.05, 4.69) is 20.6 Å². The van der Waals surface area contributed by atoms with Crippen molar-refractivity contribution in [1.29, 1.82) is 0 Å². The van der Waals surface area contributed by atoms with E-state index in [0.29, 0.717) is 23.1 Å². The van der Waals surface area contributed by atoms with Crippen LogP contribution in [0.2, 0.25) is 0 Å². The van der Waals surface area contributed by atoms with Gasteiger partial charge in [0.05, 0.1) is 12.4 Å². The lowest BCUT2D eigenvalue weighted by Gasteiger charge is -2.07. The van der Waals surface area contributed by atoms with Crippen molar-refractivity contribution in [2.75, 3.05) is 5.32 Å². The number of nitrogens with zero attached hydrogens (tertiary/aromatic N) is 2. The fraction of sp³-hybridized carbons (Fsp3) is 0.250. The van der Waals surface area contributed by atoms with Gasteiger partial charge in [-0.15, -0.1) is 0 Å². The fourth-order valence-corrected chi connectivity index (χ4v) is 1.96. The lowest BCUT2D eigenvalue weighted by molar-refractivity contribution is 0.0944. The summed E-state index contributed by atoms with van der Waals surface area (Å²) in [4.78, 5) is 31.5. The average molecular weight is 296 g/mol. The van der Waals surface area contributed by atoms with Crippen LogP contribution < -0.4 is 10.6 Å². The summed E-state index contributed by atoms with van der Waals surface area (Å²) in [6, 6.07) is 7.43. The molecule has 3 rings (SSSR count). The molecule has 1 saturated carbocycles. The minimum absolute atomic E-state index is 0.00169. The third-order valence-corrected chi connectivity index (χ3v) is 3.34. The Morgan fingerprint density at radius 1 is 1.18 bits per heavy atom. The first kappa shape index (κ1) is 14.2. The van der Waals surface area contributed by atoms with Gasteiger partial charge >= 0.3 is 0 Å². The average Bonchev–Trinajstić information content (AvgIpc) is 3.32. The molecule has 0 unspecified atom stereocenters. The molecule has 0 atom stereocenters. The molecule has 1 aliphatic carbocycles. The fourth-order valence-electron chi connectivity index (χ4n) is 1.96. The van der Waals surface area contributed by atoms with Crippen molar-refractivity contribution in [1.82, 2.24) is 15.3 Å². The molecular formula is C16H16N4O2. The zero-order chi connectivity index (χ0) is 15.5. The number of carbonyl (C=O) groups excluding carboxylic acids is 2. The van der Waals surface area contributed by atoms with Crippen molar-refractivity contribution < 1.29 is 9.59 Å². The van der Waals surface area contributed by atoms with Gasteiger partial charge in [-0.3, -0.25) is 9.59 Å². The summed E-state index contributed by atoms with van der Waals surface area (Å²) in [5.74, 6) is 0.325. The predicted molar refractivity (Wildman–Crippen MR) is 82.2 cm³/mol. The van der Waals surface area contributed by atoms with Crippen molar-refractivity contribution in [3.8, 4) is 0 Å². The molecule has 0 aliphatic heterocycles. The van der Waals surface area contributed by atoms with Crippen LogP contribution in [0.15, 0.2) is 36.7 Å². The Hall–Kier alpha value is -2.76. The minimum atomic E-state index is -0.194. The van der Waals surface area contributed by atoms with E-state index >= 15 is 0 Å². The van der Waals surface area contributed by atoms with Gasteiger partial charge in [0.15, 0.2) is 5.78 Å². The lowest BCUT2D eigenvalue weighted by Crippen LogP contribution is -2.26. The summed E-state index contributed by atoms with van der Waals surface area (Å²) in [5, 5.41) is 5.92. The van der Waals surface area contributed by atoms with E-state index in [9.17, 15) is 9.59 Å². The first-order valence-electron chi connectivity index (χ1n) is 7.13. The van der Waals surface area contributed by atoms with Crippen molar-refractivity contribution in [2.24, 2.45) is 0 Å². The monoisotopic (exact) mass is 296 g/mol. The van der Waals surface area contributed by atoms with Gasteiger partial charge in [-0.05, 0) is 31.9 Å². The van der Waals surface area contributed by atoms with E-state index in [-0.39, 0.29) is 11.7 Å². The molecule has 1 heterocycles. The number of Topliss-reactive ketones (excluding diaryl/α,β-unsaturated/α-hetero) is 1. The molecule has 112 valence electrons. The van der Waals surface area contributed by atoms with E-state index in [1.807, 2.05) is 6.07 Å². The third kappa shape index (κ3) is 3.46. The normalized spacial score (nSPS) is 13.5. The summed E-state index contributed by atoms with van der Waals surface area (Å²) in [5.41, 5.74) is 1.67. The topological polar surface area (TPSA) is 84.0 Å². The van der Waals surface area contributed by atoms with Crippen LogP contribution in [0, 0.1) is 0 Å². The highest BCUT2D eigenvalue weighted by Crippen LogP contribution is 2.19. The maximum absolute atomic E-state index is 11.8. The molecule has 1 aromatic carbocycles. The van der Waals surface area contributed by atoms with Crippen molar-refractivity contribution in [3.63, 3.8) is 0 Å². The van der Waals surface area contributed by atoms with Gasteiger partial charge in [-0.2, -0.15) is 0 Å². The molecule has 2 N–H and O–H groups in total. The number of hydrogen-bond acceptors (Lipinski definition) is 5. The van der Waals surface area contributed by atoms with Gasteiger partial charge in [0.2, 0.25) is 0 Å². The second kappa shape index (κ2) is 5.93.